The van der Waals surface area contributed by atoms with Gasteiger partial charge in [0.2, 0.25) is 11.8 Å². The summed E-state index contributed by atoms with van der Waals surface area (Å²) in [6.07, 6.45) is 8.52. The number of carbonyl (C=O) groups excluding carboxylic acids is 3. The number of thioether (sulfide) groups is 1. The monoisotopic (exact) mass is 573 g/mol. The zero-order chi connectivity index (χ0) is 28.7. The highest BCUT2D eigenvalue weighted by atomic mass is 32.2. The Morgan fingerprint density at radius 2 is 1.76 bits per heavy atom. The van der Waals surface area contributed by atoms with E-state index >= 15 is 0 Å². The Balaban J connectivity index is 1.41. The molecule has 2 aromatic carbocycles. The van der Waals surface area contributed by atoms with Gasteiger partial charge in [-0.1, -0.05) is 61.6 Å². The van der Waals surface area contributed by atoms with E-state index in [9.17, 15) is 19.5 Å². The SMILES string of the molecule is CC[C@@H](CO)N1C(=O)[C@@H]2[C@@H]3C(=O)N(Cc4ccccc4)CC=C[C@@H]3S[C@@]23C=CCN(c2ccc(OC)cc2)C(=O)C13. The van der Waals surface area contributed by atoms with Gasteiger partial charge in [-0.15, -0.1) is 11.8 Å². The van der Waals surface area contributed by atoms with Crippen LogP contribution in [0.5, 0.6) is 5.75 Å². The minimum atomic E-state index is -0.928. The fraction of sp³-hybridized carbons (Fsp3) is 0.406. The second-order valence-corrected chi connectivity index (χ2v) is 12.5. The first-order valence-corrected chi connectivity index (χ1v) is 15.0. The number of fused-ring (bicyclic) bond motifs is 2. The molecule has 214 valence electrons. The van der Waals surface area contributed by atoms with Crippen molar-refractivity contribution in [1.82, 2.24) is 9.80 Å². The molecule has 4 aliphatic heterocycles. The molecule has 2 saturated heterocycles. The van der Waals surface area contributed by atoms with Crippen molar-refractivity contribution in [3.8, 4) is 5.75 Å². The third-order valence-corrected chi connectivity index (χ3v) is 10.6. The number of methoxy groups -OCH3 is 1. The summed E-state index contributed by atoms with van der Waals surface area (Å²) in [6, 6.07) is 15.8. The highest BCUT2D eigenvalue weighted by Crippen LogP contribution is 2.61. The summed E-state index contributed by atoms with van der Waals surface area (Å²) < 4.78 is 4.37. The smallest absolute Gasteiger partial charge is 0.251 e. The summed E-state index contributed by atoms with van der Waals surface area (Å²) in [4.78, 5) is 48.3. The van der Waals surface area contributed by atoms with Crippen molar-refractivity contribution in [2.45, 2.75) is 42.0 Å². The third-order valence-electron chi connectivity index (χ3n) is 8.86. The Kier molecular flexibility index (Phi) is 7.42. The van der Waals surface area contributed by atoms with Gasteiger partial charge < -0.3 is 24.5 Å². The molecule has 4 heterocycles. The van der Waals surface area contributed by atoms with E-state index < -0.39 is 28.7 Å². The van der Waals surface area contributed by atoms with Crippen LogP contribution in [0.1, 0.15) is 18.9 Å². The number of ether oxygens (including phenoxy) is 1. The predicted molar refractivity (Wildman–Crippen MR) is 158 cm³/mol. The van der Waals surface area contributed by atoms with Gasteiger partial charge in [0.15, 0.2) is 0 Å². The number of amides is 3. The molecule has 4 aliphatic rings. The molecule has 1 unspecified atom stereocenters. The molecule has 0 aromatic heterocycles. The lowest BCUT2D eigenvalue weighted by atomic mass is 9.78. The van der Waals surface area contributed by atoms with Crippen molar-refractivity contribution in [1.29, 1.82) is 0 Å². The topological polar surface area (TPSA) is 90.4 Å². The van der Waals surface area contributed by atoms with E-state index in [1.807, 2.05) is 90.7 Å². The molecule has 0 bridgehead atoms. The Labute approximate surface area is 244 Å². The average molecular weight is 574 g/mol. The average Bonchev–Trinajstić information content (AvgIpc) is 3.32. The number of aliphatic hydroxyl groups excluding tert-OH is 1. The van der Waals surface area contributed by atoms with E-state index in [1.165, 1.54) is 0 Å². The van der Waals surface area contributed by atoms with E-state index in [0.717, 1.165) is 5.56 Å². The molecule has 3 amide bonds. The first kappa shape index (κ1) is 27.6. The van der Waals surface area contributed by atoms with Crippen LogP contribution in [0.2, 0.25) is 0 Å². The summed E-state index contributed by atoms with van der Waals surface area (Å²) in [6.45, 7) is 2.91. The number of aliphatic hydroxyl groups is 1. The molecule has 6 atom stereocenters. The van der Waals surface area contributed by atoms with Gasteiger partial charge in [0.1, 0.15) is 11.8 Å². The number of rotatable bonds is 7. The van der Waals surface area contributed by atoms with Crippen LogP contribution in [-0.2, 0) is 20.9 Å². The summed E-state index contributed by atoms with van der Waals surface area (Å²) in [5, 5.41) is 10.1. The predicted octanol–water partition coefficient (Wildman–Crippen LogP) is 3.26. The normalized spacial score (nSPS) is 29.6. The summed E-state index contributed by atoms with van der Waals surface area (Å²) in [5.74, 6) is -1.14. The molecule has 8 nitrogen and oxygen atoms in total. The van der Waals surface area contributed by atoms with Gasteiger partial charge >= 0.3 is 0 Å². The molecule has 1 N–H and O–H groups in total. The van der Waals surface area contributed by atoms with E-state index in [2.05, 4.69) is 0 Å². The minimum absolute atomic E-state index is 0.0682. The van der Waals surface area contributed by atoms with Crippen molar-refractivity contribution >= 4 is 35.2 Å². The lowest BCUT2D eigenvalue weighted by molar-refractivity contribution is -0.145. The molecular weight excluding hydrogens is 538 g/mol. The summed E-state index contributed by atoms with van der Waals surface area (Å²) >= 11 is 1.56. The second-order valence-electron chi connectivity index (χ2n) is 11.0. The maximum absolute atomic E-state index is 14.5. The third kappa shape index (κ3) is 4.46. The van der Waals surface area contributed by atoms with Crippen LogP contribution >= 0.6 is 11.8 Å². The highest BCUT2D eigenvalue weighted by Gasteiger charge is 2.71. The maximum Gasteiger partial charge on any atom is 0.251 e. The Hall–Kier alpha value is -3.56. The van der Waals surface area contributed by atoms with Crippen molar-refractivity contribution in [3.63, 3.8) is 0 Å². The molecule has 0 saturated carbocycles. The number of hydrogen-bond acceptors (Lipinski definition) is 6. The molecule has 41 heavy (non-hydrogen) atoms. The van der Waals surface area contributed by atoms with Crippen LogP contribution in [0.25, 0.3) is 0 Å². The number of benzene rings is 2. The largest absolute Gasteiger partial charge is 0.497 e. The summed E-state index contributed by atoms with van der Waals surface area (Å²) in [5.41, 5.74) is 1.73. The lowest BCUT2D eigenvalue weighted by Gasteiger charge is -2.38. The number of likely N-dealkylation sites (tertiary alicyclic amines) is 1. The number of nitrogens with zero attached hydrogens (tertiary/aromatic N) is 3. The fourth-order valence-corrected chi connectivity index (χ4v) is 8.87. The van der Waals surface area contributed by atoms with E-state index in [-0.39, 0.29) is 29.6 Å². The Bertz CT molecular complexity index is 1380. The van der Waals surface area contributed by atoms with Crippen LogP contribution in [-0.4, -0.2) is 81.5 Å². The van der Waals surface area contributed by atoms with Crippen molar-refractivity contribution in [3.05, 3.63) is 84.5 Å². The molecule has 2 aromatic rings. The van der Waals surface area contributed by atoms with Crippen LogP contribution < -0.4 is 9.64 Å². The zero-order valence-electron chi connectivity index (χ0n) is 23.3. The standard InChI is InChI=1S/C32H35N3O5S/c1-3-22(20-36)35-28-31(39)34(23-12-14-24(40-2)15-13-23)18-8-16-32(28)27(30(35)38)26-25(41-32)11-7-17-33(29(26)37)19-21-9-5-4-6-10-21/h4-16,22,25-28,36H,3,17-20H2,1-2H3/t22-,25-,26+,27-,28?,32-/m0/s1. The van der Waals surface area contributed by atoms with Gasteiger partial charge in [0.25, 0.3) is 5.91 Å². The van der Waals surface area contributed by atoms with Gasteiger partial charge in [-0.05, 0) is 36.2 Å². The van der Waals surface area contributed by atoms with Crippen LogP contribution in [0, 0.1) is 11.8 Å². The number of carbonyl (C=O) groups is 3. The molecule has 2 fully saturated rings. The Morgan fingerprint density at radius 1 is 1.00 bits per heavy atom. The minimum Gasteiger partial charge on any atom is -0.497 e. The maximum atomic E-state index is 14.5. The lowest BCUT2D eigenvalue weighted by Crippen LogP contribution is -2.56. The van der Waals surface area contributed by atoms with Crippen LogP contribution in [0.3, 0.4) is 0 Å². The molecular formula is C32H35N3O5S. The van der Waals surface area contributed by atoms with Crippen molar-refractivity contribution in [2.75, 3.05) is 31.7 Å². The Morgan fingerprint density at radius 3 is 2.44 bits per heavy atom. The van der Waals surface area contributed by atoms with E-state index in [1.54, 1.807) is 28.7 Å². The van der Waals surface area contributed by atoms with E-state index in [0.29, 0.717) is 37.5 Å². The van der Waals surface area contributed by atoms with Crippen LogP contribution in [0.4, 0.5) is 5.69 Å². The quantitative estimate of drug-likeness (QED) is 0.512. The molecule has 0 aliphatic carbocycles. The molecule has 9 heteroatoms. The second kappa shape index (κ2) is 11.0. The van der Waals surface area contributed by atoms with Crippen molar-refractivity contribution in [2.24, 2.45) is 11.8 Å². The zero-order valence-corrected chi connectivity index (χ0v) is 24.1. The first-order valence-electron chi connectivity index (χ1n) is 14.2. The molecule has 6 rings (SSSR count). The number of hydrogen-bond donors (Lipinski definition) is 1. The van der Waals surface area contributed by atoms with Gasteiger partial charge in [-0.3, -0.25) is 14.4 Å². The molecule has 0 radical (unpaired) electrons. The molecule has 1 spiro atoms. The van der Waals surface area contributed by atoms with Crippen molar-refractivity contribution < 1.29 is 24.2 Å². The summed E-state index contributed by atoms with van der Waals surface area (Å²) in [7, 11) is 1.59. The van der Waals surface area contributed by atoms with Gasteiger partial charge in [0, 0.05) is 30.6 Å². The van der Waals surface area contributed by atoms with E-state index in [4.69, 9.17) is 4.74 Å². The van der Waals surface area contributed by atoms with Gasteiger partial charge in [-0.2, -0.15) is 0 Å². The van der Waals surface area contributed by atoms with Gasteiger partial charge in [-0.25, -0.2) is 0 Å². The number of anilines is 1. The fourth-order valence-electron chi connectivity index (χ4n) is 6.88. The van der Waals surface area contributed by atoms with Crippen LogP contribution in [0.15, 0.2) is 78.9 Å². The highest BCUT2D eigenvalue weighted by molar-refractivity contribution is 8.02. The first-order chi connectivity index (χ1) is 19.9. The van der Waals surface area contributed by atoms with Gasteiger partial charge in [0.05, 0.1) is 36.3 Å².